The Morgan fingerprint density at radius 2 is 1.75 bits per heavy atom. The van der Waals surface area contributed by atoms with Crippen molar-refractivity contribution in [2.45, 2.75) is 26.2 Å². The van der Waals surface area contributed by atoms with Gasteiger partial charge >= 0.3 is 0 Å². The van der Waals surface area contributed by atoms with Gasteiger partial charge in [-0.15, -0.1) is 11.3 Å². The number of amides is 2. The van der Waals surface area contributed by atoms with E-state index in [1.807, 2.05) is 17.5 Å². The Bertz CT molecular complexity index is 989. The lowest BCUT2D eigenvalue weighted by atomic mass is 10.1. The average molecular weight is 391 g/mol. The van der Waals surface area contributed by atoms with Crippen molar-refractivity contribution in [2.24, 2.45) is 5.92 Å². The second kappa shape index (κ2) is 7.94. The topological polar surface area (TPSA) is 71.1 Å². The molecule has 1 aliphatic carbocycles. The van der Waals surface area contributed by atoms with Crippen LogP contribution in [0.15, 0.2) is 53.9 Å². The summed E-state index contributed by atoms with van der Waals surface area (Å²) in [7, 11) is 0. The lowest BCUT2D eigenvalue weighted by molar-refractivity contribution is -0.117. The quantitative estimate of drug-likeness (QED) is 0.623. The minimum atomic E-state index is -0.220. The Labute approximate surface area is 167 Å². The number of carbonyl (C=O) groups excluding carboxylic acids is 2. The van der Waals surface area contributed by atoms with Crippen LogP contribution in [0.1, 0.15) is 35.7 Å². The van der Waals surface area contributed by atoms with Crippen LogP contribution < -0.4 is 10.6 Å². The van der Waals surface area contributed by atoms with E-state index < -0.39 is 0 Å². The van der Waals surface area contributed by atoms with E-state index in [0.29, 0.717) is 16.4 Å². The zero-order valence-electron chi connectivity index (χ0n) is 15.6. The molecule has 5 nitrogen and oxygen atoms in total. The molecule has 3 aromatic rings. The first-order valence-corrected chi connectivity index (χ1v) is 10.3. The minimum absolute atomic E-state index is 0.0551. The highest BCUT2D eigenvalue weighted by atomic mass is 32.1. The Kier molecular flexibility index (Phi) is 5.21. The maximum absolute atomic E-state index is 12.5. The summed E-state index contributed by atoms with van der Waals surface area (Å²) < 4.78 is 0. The van der Waals surface area contributed by atoms with E-state index in [-0.39, 0.29) is 17.7 Å². The van der Waals surface area contributed by atoms with Gasteiger partial charge in [0.05, 0.1) is 5.69 Å². The standard InChI is InChI=1S/C22H21N3O2S/c1-2-14-3-5-15(6-4-14)19-13-28-22(24-19)25-21(27)17-9-11-18(12-10-17)23-20(26)16-7-8-16/h3-6,9-13,16H,2,7-8H2,1H3,(H,23,26)(H,24,25,27). The van der Waals surface area contributed by atoms with Crippen LogP contribution in [0.4, 0.5) is 10.8 Å². The fourth-order valence-electron chi connectivity index (χ4n) is 2.84. The van der Waals surface area contributed by atoms with Crippen molar-refractivity contribution in [1.29, 1.82) is 0 Å². The molecule has 1 saturated carbocycles. The van der Waals surface area contributed by atoms with E-state index in [1.54, 1.807) is 24.3 Å². The Hall–Kier alpha value is -2.99. The second-order valence-electron chi connectivity index (χ2n) is 6.88. The first kappa shape index (κ1) is 18.4. The molecule has 1 aromatic heterocycles. The normalized spacial score (nSPS) is 13.2. The average Bonchev–Trinajstić information content (AvgIpc) is 3.48. The molecule has 2 amide bonds. The smallest absolute Gasteiger partial charge is 0.257 e. The molecule has 0 saturated heterocycles. The zero-order valence-corrected chi connectivity index (χ0v) is 16.4. The summed E-state index contributed by atoms with van der Waals surface area (Å²) in [5.74, 6) is -0.0120. The molecule has 0 bridgehead atoms. The van der Waals surface area contributed by atoms with Crippen LogP contribution >= 0.6 is 11.3 Å². The van der Waals surface area contributed by atoms with Crippen molar-refractivity contribution >= 4 is 34.0 Å². The minimum Gasteiger partial charge on any atom is -0.326 e. The lowest BCUT2D eigenvalue weighted by Crippen LogP contribution is -2.14. The number of aryl methyl sites for hydroxylation is 1. The number of hydrogen-bond acceptors (Lipinski definition) is 4. The molecule has 0 aliphatic heterocycles. The maximum atomic E-state index is 12.5. The number of hydrogen-bond donors (Lipinski definition) is 2. The zero-order chi connectivity index (χ0) is 19.5. The second-order valence-corrected chi connectivity index (χ2v) is 7.74. The molecule has 142 valence electrons. The van der Waals surface area contributed by atoms with E-state index >= 15 is 0 Å². The van der Waals surface area contributed by atoms with Crippen LogP contribution in [-0.2, 0) is 11.2 Å². The van der Waals surface area contributed by atoms with Gasteiger partial charge in [-0.3, -0.25) is 14.9 Å². The number of nitrogens with zero attached hydrogens (tertiary/aromatic N) is 1. The highest BCUT2D eigenvalue weighted by Gasteiger charge is 2.29. The Morgan fingerprint density at radius 1 is 1.04 bits per heavy atom. The van der Waals surface area contributed by atoms with Gasteiger partial charge in [0, 0.05) is 28.1 Å². The molecule has 1 fully saturated rings. The van der Waals surface area contributed by atoms with Gasteiger partial charge in [0.25, 0.3) is 5.91 Å². The number of nitrogens with one attached hydrogen (secondary N) is 2. The summed E-state index contributed by atoms with van der Waals surface area (Å²) in [5, 5.41) is 8.21. The van der Waals surface area contributed by atoms with Crippen LogP contribution in [0.25, 0.3) is 11.3 Å². The number of benzene rings is 2. The third-order valence-electron chi connectivity index (χ3n) is 4.75. The van der Waals surface area contributed by atoms with E-state index in [4.69, 9.17) is 0 Å². The molecule has 6 heteroatoms. The highest BCUT2D eigenvalue weighted by molar-refractivity contribution is 7.14. The monoisotopic (exact) mass is 391 g/mol. The summed E-state index contributed by atoms with van der Waals surface area (Å²) >= 11 is 1.40. The summed E-state index contributed by atoms with van der Waals surface area (Å²) in [6.45, 7) is 2.12. The van der Waals surface area contributed by atoms with E-state index in [9.17, 15) is 9.59 Å². The summed E-state index contributed by atoms with van der Waals surface area (Å²) in [5.41, 5.74) is 4.39. The van der Waals surface area contributed by atoms with Gasteiger partial charge in [0.15, 0.2) is 5.13 Å². The van der Waals surface area contributed by atoms with Gasteiger partial charge in [0.2, 0.25) is 5.91 Å². The predicted octanol–water partition coefficient (Wildman–Crippen LogP) is 4.97. The lowest BCUT2D eigenvalue weighted by Gasteiger charge is -2.06. The van der Waals surface area contributed by atoms with Crippen molar-refractivity contribution in [3.05, 3.63) is 65.0 Å². The number of thiazole rings is 1. The molecule has 2 N–H and O–H groups in total. The molecule has 0 radical (unpaired) electrons. The molecule has 2 aromatic carbocycles. The van der Waals surface area contributed by atoms with E-state index in [1.165, 1.54) is 16.9 Å². The Morgan fingerprint density at radius 3 is 2.39 bits per heavy atom. The fourth-order valence-corrected chi connectivity index (χ4v) is 3.55. The number of carbonyl (C=O) groups is 2. The Balaban J connectivity index is 1.39. The fraction of sp³-hybridized carbons (Fsp3) is 0.227. The van der Waals surface area contributed by atoms with Crippen LogP contribution in [0.2, 0.25) is 0 Å². The maximum Gasteiger partial charge on any atom is 0.257 e. The number of anilines is 2. The third-order valence-corrected chi connectivity index (χ3v) is 5.50. The summed E-state index contributed by atoms with van der Waals surface area (Å²) in [6.07, 6.45) is 2.93. The van der Waals surface area contributed by atoms with Crippen molar-refractivity contribution in [1.82, 2.24) is 4.98 Å². The molecule has 28 heavy (non-hydrogen) atoms. The first-order valence-electron chi connectivity index (χ1n) is 9.39. The van der Waals surface area contributed by atoms with Crippen LogP contribution in [0, 0.1) is 5.92 Å². The van der Waals surface area contributed by atoms with Crippen LogP contribution in [-0.4, -0.2) is 16.8 Å². The van der Waals surface area contributed by atoms with Gasteiger partial charge in [-0.2, -0.15) is 0 Å². The number of rotatable bonds is 6. The third kappa shape index (κ3) is 4.28. The molecule has 0 atom stereocenters. The molecule has 4 rings (SSSR count). The molecular formula is C22H21N3O2S. The molecule has 1 aliphatic rings. The predicted molar refractivity (Wildman–Crippen MR) is 113 cm³/mol. The van der Waals surface area contributed by atoms with Crippen molar-refractivity contribution < 1.29 is 9.59 Å². The van der Waals surface area contributed by atoms with Crippen molar-refractivity contribution in [3.63, 3.8) is 0 Å². The summed E-state index contributed by atoms with van der Waals surface area (Å²) in [6, 6.07) is 15.2. The SMILES string of the molecule is CCc1ccc(-c2csc(NC(=O)c3ccc(NC(=O)C4CC4)cc3)n2)cc1. The van der Waals surface area contributed by atoms with Crippen LogP contribution in [0.5, 0.6) is 0 Å². The largest absolute Gasteiger partial charge is 0.326 e. The molecule has 0 unspecified atom stereocenters. The first-order chi connectivity index (χ1) is 13.6. The van der Waals surface area contributed by atoms with E-state index in [0.717, 1.165) is 30.5 Å². The molecular weight excluding hydrogens is 370 g/mol. The van der Waals surface area contributed by atoms with Gasteiger partial charge < -0.3 is 5.32 Å². The highest BCUT2D eigenvalue weighted by Crippen LogP contribution is 2.30. The van der Waals surface area contributed by atoms with Gasteiger partial charge in [-0.05, 0) is 49.1 Å². The van der Waals surface area contributed by atoms with Crippen molar-refractivity contribution in [2.75, 3.05) is 10.6 Å². The molecule has 0 spiro atoms. The number of aromatic nitrogens is 1. The van der Waals surface area contributed by atoms with Gasteiger partial charge in [-0.25, -0.2) is 4.98 Å². The van der Waals surface area contributed by atoms with E-state index in [2.05, 4.69) is 34.7 Å². The van der Waals surface area contributed by atoms with Gasteiger partial charge in [0.1, 0.15) is 0 Å². The van der Waals surface area contributed by atoms with Gasteiger partial charge in [-0.1, -0.05) is 31.2 Å². The van der Waals surface area contributed by atoms with Crippen LogP contribution in [0.3, 0.4) is 0 Å². The summed E-state index contributed by atoms with van der Waals surface area (Å²) in [4.78, 5) is 28.8. The molecule has 1 heterocycles. The van der Waals surface area contributed by atoms with Crippen molar-refractivity contribution in [3.8, 4) is 11.3 Å².